The van der Waals surface area contributed by atoms with Crippen molar-refractivity contribution in [1.29, 1.82) is 0 Å². The lowest BCUT2D eigenvalue weighted by molar-refractivity contribution is 0.0523. The summed E-state index contributed by atoms with van der Waals surface area (Å²) >= 11 is 0. The minimum atomic E-state index is -0.690. The molecular formula is C9H11NO4. The van der Waals surface area contributed by atoms with Crippen LogP contribution in [0, 0.1) is 0 Å². The molecule has 0 saturated heterocycles. The van der Waals surface area contributed by atoms with Gasteiger partial charge >= 0.3 is 11.6 Å². The van der Waals surface area contributed by atoms with Crippen molar-refractivity contribution in [2.75, 3.05) is 6.61 Å². The minimum absolute atomic E-state index is 0.0892. The maximum Gasteiger partial charge on any atom is 0.372 e. The normalized spacial score (nSPS) is 9.79. The summed E-state index contributed by atoms with van der Waals surface area (Å²) in [6.07, 6.45) is 2.86. The van der Waals surface area contributed by atoms with Gasteiger partial charge < -0.3 is 9.26 Å². The van der Waals surface area contributed by atoms with Crippen molar-refractivity contribution in [2.24, 2.45) is 0 Å². The van der Waals surface area contributed by atoms with Crippen LogP contribution in [0.5, 0.6) is 0 Å². The van der Waals surface area contributed by atoms with Crippen LogP contribution in [0.2, 0.25) is 0 Å². The van der Waals surface area contributed by atoms with Crippen LogP contribution in [0.3, 0.4) is 0 Å². The predicted octanol–water partition coefficient (Wildman–Crippen LogP) is 0.804. The lowest BCUT2D eigenvalue weighted by atomic mass is 10.4. The molecule has 5 nitrogen and oxygen atoms in total. The standard InChI is InChI=1S/C9H11NO4/c1-3-5-10-6-7(9(12)14-10)8(11)13-4-2/h3,6H,1,4-5H2,2H3. The van der Waals surface area contributed by atoms with Crippen molar-refractivity contribution in [3.63, 3.8) is 0 Å². The first-order valence-corrected chi connectivity index (χ1v) is 4.17. The van der Waals surface area contributed by atoms with Gasteiger partial charge in [0.15, 0.2) is 5.56 Å². The molecule has 0 bridgehead atoms. The molecule has 0 spiro atoms. The SMILES string of the molecule is C=CCn1cc(C(=O)OCC)c(=O)o1. The average Bonchev–Trinajstić information content (AvgIpc) is 2.48. The molecule has 0 aliphatic rings. The third kappa shape index (κ3) is 2.12. The van der Waals surface area contributed by atoms with Gasteiger partial charge in [0.2, 0.25) is 0 Å². The largest absolute Gasteiger partial charge is 0.462 e. The van der Waals surface area contributed by atoms with Crippen LogP contribution in [0.25, 0.3) is 0 Å². The van der Waals surface area contributed by atoms with Gasteiger partial charge in [-0.05, 0) is 6.92 Å². The van der Waals surface area contributed by atoms with Gasteiger partial charge in [-0.3, -0.25) is 0 Å². The van der Waals surface area contributed by atoms with Gasteiger partial charge in [-0.1, -0.05) is 6.08 Å². The highest BCUT2D eigenvalue weighted by Crippen LogP contribution is 1.97. The molecule has 1 aromatic heterocycles. The molecule has 0 radical (unpaired) electrons. The zero-order chi connectivity index (χ0) is 10.6. The molecule has 0 fully saturated rings. The summed E-state index contributed by atoms with van der Waals surface area (Å²) < 4.78 is 10.6. The molecule has 14 heavy (non-hydrogen) atoms. The van der Waals surface area contributed by atoms with Crippen LogP contribution in [0.1, 0.15) is 17.3 Å². The summed E-state index contributed by atoms with van der Waals surface area (Å²) in [5.74, 6) is -0.663. The van der Waals surface area contributed by atoms with E-state index in [-0.39, 0.29) is 12.2 Å². The summed E-state index contributed by atoms with van der Waals surface area (Å²) in [6.45, 7) is 5.71. The highest BCUT2D eigenvalue weighted by molar-refractivity contribution is 5.88. The minimum Gasteiger partial charge on any atom is -0.462 e. The first kappa shape index (κ1) is 10.3. The van der Waals surface area contributed by atoms with Crippen LogP contribution >= 0.6 is 0 Å². The Labute approximate surface area is 80.5 Å². The summed E-state index contributed by atoms with van der Waals surface area (Å²) in [4.78, 5) is 22.3. The molecule has 1 heterocycles. The molecule has 0 aliphatic heterocycles. The quantitative estimate of drug-likeness (QED) is 0.529. The van der Waals surface area contributed by atoms with Gasteiger partial charge in [0.05, 0.1) is 19.3 Å². The van der Waals surface area contributed by atoms with Gasteiger partial charge in [0, 0.05) is 0 Å². The van der Waals surface area contributed by atoms with Crippen LogP contribution < -0.4 is 5.63 Å². The Morgan fingerprint density at radius 1 is 1.79 bits per heavy atom. The number of hydrogen-bond donors (Lipinski definition) is 0. The number of nitrogens with zero attached hydrogens (tertiary/aromatic N) is 1. The van der Waals surface area contributed by atoms with Crippen molar-refractivity contribution in [3.8, 4) is 0 Å². The van der Waals surface area contributed by atoms with E-state index in [1.165, 1.54) is 10.9 Å². The fourth-order valence-electron chi connectivity index (χ4n) is 0.941. The van der Waals surface area contributed by atoms with E-state index in [4.69, 9.17) is 4.52 Å². The number of aromatic nitrogens is 1. The second kappa shape index (κ2) is 4.45. The smallest absolute Gasteiger partial charge is 0.372 e. The summed E-state index contributed by atoms with van der Waals surface area (Å²) in [5, 5.41) is 0. The average molecular weight is 197 g/mol. The van der Waals surface area contributed by atoms with E-state index < -0.39 is 11.6 Å². The number of ether oxygens (including phenoxy) is 1. The lowest BCUT2D eigenvalue weighted by Crippen LogP contribution is -2.12. The van der Waals surface area contributed by atoms with E-state index in [0.717, 1.165) is 0 Å². The van der Waals surface area contributed by atoms with Gasteiger partial charge in [0.1, 0.15) is 0 Å². The number of rotatable bonds is 4. The van der Waals surface area contributed by atoms with Crippen molar-refractivity contribution >= 4 is 5.97 Å². The summed E-state index contributed by atoms with van der Waals surface area (Å²) in [7, 11) is 0. The van der Waals surface area contributed by atoms with E-state index in [2.05, 4.69) is 11.3 Å². The molecule has 1 aromatic rings. The van der Waals surface area contributed by atoms with Crippen molar-refractivity contribution < 1.29 is 14.1 Å². The Hall–Kier alpha value is -1.78. The van der Waals surface area contributed by atoms with Crippen LogP contribution in [-0.2, 0) is 11.3 Å². The number of carbonyl (C=O) groups excluding carboxylic acids is 1. The molecule has 76 valence electrons. The number of esters is 1. The molecule has 0 aromatic carbocycles. The topological polar surface area (TPSA) is 61.4 Å². The fraction of sp³-hybridized carbons (Fsp3) is 0.333. The maximum absolute atomic E-state index is 11.2. The molecule has 0 aliphatic carbocycles. The Bertz CT molecular complexity index is 388. The van der Waals surface area contributed by atoms with Crippen molar-refractivity contribution in [1.82, 2.24) is 4.74 Å². The molecule has 0 saturated carbocycles. The van der Waals surface area contributed by atoms with Crippen LogP contribution in [0.15, 0.2) is 28.2 Å². The van der Waals surface area contributed by atoms with Gasteiger partial charge in [-0.15, -0.1) is 6.58 Å². The number of hydrogen-bond acceptors (Lipinski definition) is 4. The first-order valence-electron chi connectivity index (χ1n) is 4.17. The van der Waals surface area contributed by atoms with E-state index in [9.17, 15) is 9.59 Å². The Morgan fingerprint density at radius 2 is 2.50 bits per heavy atom. The highest BCUT2D eigenvalue weighted by Gasteiger charge is 2.15. The molecular weight excluding hydrogens is 186 g/mol. The molecule has 0 amide bonds. The fourth-order valence-corrected chi connectivity index (χ4v) is 0.941. The zero-order valence-electron chi connectivity index (χ0n) is 7.86. The van der Waals surface area contributed by atoms with E-state index in [1.54, 1.807) is 13.0 Å². The lowest BCUT2D eigenvalue weighted by Gasteiger charge is -1.94. The second-order valence-corrected chi connectivity index (χ2v) is 2.53. The Morgan fingerprint density at radius 3 is 3.07 bits per heavy atom. The highest BCUT2D eigenvalue weighted by atomic mass is 16.5. The Kier molecular flexibility index (Phi) is 3.28. The zero-order valence-corrected chi connectivity index (χ0v) is 7.86. The molecule has 0 unspecified atom stereocenters. The third-order valence-corrected chi connectivity index (χ3v) is 1.50. The van der Waals surface area contributed by atoms with Gasteiger partial charge in [-0.2, -0.15) is 0 Å². The number of allylic oxidation sites excluding steroid dienone is 1. The van der Waals surface area contributed by atoms with Crippen LogP contribution in [0.4, 0.5) is 0 Å². The maximum atomic E-state index is 11.2. The summed E-state index contributed by atoms with van der Waals surface area (Å²) in [5.41, 5.74) is -0.779. The van der Waals surface area contributed by atoms with Crippen molar-refractivity contribution in [2.45, 2.75) is 13.5 Å². The van der Waals surface area contributed by atoms with E-state index in [1.807, 2.05) is 0 Å². The molecule has 1 rings (SSSR count). The summed E-state index contributed by atoms with van der Waals surface area (Å²) in [6, 6.07) is 0. The number of carbonyl (C=O) groups is 1. The predicted molar refractivity (Wildman–Crippen MR) is 49.1 cm³/mol. The first-order chi connectivity index (χ1) is 6.69. The van der Waals surface area contributed by atoms with E-state index in [0.29, 0.717) is 6.54 Å². The molecule has 0 N–H and O–H groups in total. The van der Waals surface area contributed by atoms with Crippen LogP contribution in [-0.4, -0.2) is 17.3 Å². The monoisotopic (exact) mass is 197 g/mol. The van der Waals surface area contributed by atoms with Gasteiger partial charge in [0.25, 0.3) is 0 Å². The third-order valence-electron chi connectivity index (χ3n) is 1.50. The second-order valence-electron chi connectivity index (χ2n) is 2.53. The van der Waals surface area contributed by atoms with E-state index >= 15 is 0 Å². The molecule has 0 atom stereocenters. The Balaban J connectivity index is 2.92. The van der Waals surface area contributed by atoms with Gasteiger partial charge in [-0.25, -0.2) is 14.3 Å². The molecule has 5 heteroatoms. The van der Waals surface area contributed by atoms with Crippen molar-refractivity contribution in [3.05, 3.63) is 34.8 Å².